The van der Waals surface area contributed by atoms with Crippen molar-refractivity contribution in [2.45, 2.75) is 26.2 Å². The van der Waals surface area contributed by atoms with Crippen molar-refractivity contribution in [3.05, 3.63) is 35.1 Å². The van der Waals surface area contributed by atoms with Gasteiger partial charge in [-0.25, -0.2) is 4.39 Å². The van der Waals surface area contributed by atoms with Crippen LogP contribution in [-0.2, 0) is 6.42 Å². The van der Waals surface area contributed by atoms with Crippen LogP contribution in [0.15, 0.2) is 18.2 Å². The molecule has 2 N–H and O–H groups in total. The summed E-state index contributed by atoms with van der Waals surface area (Å²) in [4.78, 5) is 0. The molecule has 2 rings (SSSR count). The molecule has 0 radical (unpaired) electrons. The molecule has 0 fully saturated rings. The van der Waals surface area contributed by atoms with Gasteiger partial charge in [0.05, 0.1) is 0 Å². The van der Waals surface area contributed by atoms with Gasteiger partial charge in [-0.2, -0.15) is 0 Å². The van der Waals surface area contributed by atoms with Crippen molar-refractivity contribution >= 4 is 0 Å². The zero-order valence-corrected chi connectivity index (χ0v) is 9.33. The van der Waals surface area contributed by atoms with E-state index in [1.165, 1.54) is 5.56 Å². The van der Waals surface area contributed by atoms with E-state index in [4.69, 9.17) is 5.73 Å². The van der Waals surface area contributed by atoms with Gasteiger partial charge in [0.2, 0.25) is 0 Å². The van der Waals surface area contributed by atoms with Crippen LogP contribution < -0.4 is 5.73 Å². The van der Waals surface area contributed by atoms with Crippen molar-refractivity contribution in [3.63, 3.8) is 0 Å². The molecule has 0 heterocycles. The topological polar surface area (TPSA) is 26.0 Å². The Morgan fingerprint density at radius 3 is 2.93 bits per heavy atom. The number of hydrogen-bond acceptors (Lipinski definition) is 1. The second-order valence-corrected chi connectivity index (χ2v) is 4.73. The van der Waals surface area contributed by atoms with Crippen molar-refractivity contribution in [1.82, 2.24) is 0 Å². The highest BCUT2D eigenvalue weighted by Gasteiger charge is 2.33. The van der Waals surface area contributed by atoms with Crippen LogP contribution in [0.4, 0.5) is 4.39 Å². The first-order valence-corrected chi connectivity index (χ1v) is 5.62. The van der Waals surface area contributed by atoms with Gasteiger partial charge in [-0.1, -0.05) is 26.0 Å². The number of rotatable bonds is 2. The van der Waals surface area contributed by atoms with Crippen molar-refractivity contribution in [3.8, 4) is 0 Å². The third-order valence-electron chi connectivity index (χ3n) is 3.64. The van der Waals surface area contributed by atoms with Gasteiger partial charge in [-0.3, -0.25) is 0 Å². The molecule has 0 saturated carbocycles. The average molecular weight is 207 g/mol. The SMILES string of the molecule is CC(CN)C1c2cccc(F)c2CC1C. The van der Waals surface area contributed by atoms with E-state index in [0.717, 1.165) is 12.0 Å². The van der Waals surface area contributed by atoms with E-state index in [9.17, 15) is 4.39 Å². The van der Waals surface area contributed by atoms with E-state index < -0.39 is 0 Å². The summed E-state index contributed by atoms with van der Waals surface area (Å²) in [6.45, 7) is 5.02. The quantitative estimate of drug-likeness (QED) is 0.792. The Labute approximate surface area is 90.5 Å². The maximum absolute atomic E-state index is 13.6. The molecule has 0 aromatic heterocycles. The molecule has 1 nitrogen and oxygen atoms in total. The Kier molecular flexibility index (Phi) is 2.79. The third-order valence-corrected chi connectivity index (χ3v) is 3.64. The van der Waals surface area contributed by atoms with Crippen LogP contribution in [-0.4, -0.2) is 6.54 Å². The zero-order valence-electron chi connectivity index (χ0n) is 9.33. The van der Waals surface area contributed by atoms with Crippen LogP contribution in [0.5, 0.6) is 0 Å². The summed E-state index contributed by atoms with van der Waals surface area (Å²) in [5.74, 6) is 1.32. The molecular weight excluding hydrogens is 189 g/mol. The minimum absolute atomic E-state index is 0.0499. The molecule has 0 saturated heterocycles. The number of benzene rings is 1. The summed E-state index contributed by atoms with van der Waals surface area (Å²) < 4.78 is 13.6. The Hall–Kier alpha value is -0.890. The van der Waals surface area contributed by atoms with Gasteiger partial charge in [-0.15, -0.1) is 0 Å². The Balaban J connectivity index is 2.41. The minimum Gasteiger partial charge on any atom is -0.330 e. The fourth-order valence-corrected chi connectivity index (χ4v) is 2.87. The molecule has 1 aromatic carbocycles. The summed E-state index contributed by atoms with van der Waals surface area (Å²) in [5, 5.41) is 0. The zero-order chi connectivity index (χ0) is 11.0. The van der Waals surface area contributed by atoms with Crippen LogP contribution in [0.2, 0.25) is 0 Å². The summed E-state index contributed by atoms with van der Waals surface area (Å²) in [7, 11) is 0. The van der Waals surface area contributed by atoms with E-state index in [0.29, 0.717) is 24.3 Å². The van der Waals surface area contributed by atoms with E-state index in [2.05, 4.69) is 19.9 Å². The highest BCUT2D eigenvalue weighted by atomic mass is 19.1. The normalized spacial score (nSPS) is 26.4. The highest BCUT2D eigenvalue weighted by molar-refractivity contribution is 5.37. The molecule has 0 aliphatic heterocycles. The summed E-state index contributed by atoms with van der Waals surface area (Å²) in [6.07, 6.45) is 0.858. The number of nitrogens with two attached hydrogens (primary N) is 1. The van der Waals surface area contributed by atoms with Crippen LogP contribution in [0.25, 0.3) is 0 Å². The Morgan fingerprint density at radius 2 is 2.27 bits per heavy atom. The van der Waals surface area contributed by atoms with Gasteiger partial charge < -0.3 is 5.73 Å². The van der Waals surface area contributed by atoms with Crippen LogP contribution in [0.3, 0.4) is 0 Å². The Morgan fingerprint density at radius 1 is 1.53 bits per heavy atom. The number of hydrogen-bond donors (Lipinski definition) is 1. The van der Waals surface area contributed by atoms with Gasteiger partial charge >= 0.3 is 0 Å². The lowest BCUT2D eigenvalue weighted by Gasteiger charge is -2.23. The van der Waals surface area contributed by atoms with E-state index in [1.54, 1.807) is 6.07 Å². The van der Waals surface area contributed by atoms with Crippen molar-refractivity contribution in [2.24, 2.45) is 17.6 Å². The van der Waals surface area contributed by atoms with Gasteiger partial charge in [0.25, 0.3) is 0 Å². The molecule has 0 bridgehead atoms. The molecule has 1 aliphatic rings. The maximum atomic E-state index is 13.6. The van der Waals surface area contributed by atoms with Gasteiger partial charge in [0.15, 0.2) is 0 Å². The monoisotopic (exact) mass is 207 g/mol. The maximum Gasteiger partial charge on any atom is 0.126 e. The Bertz CT molecular complexity index is 362. The van der Waals surface area contributed by atoms with Gasteiger partial charge in [-0.05, 0) is 47.9 Å². The summed E-state index contributed by atoms with van der Waals surface area (Å²) in [5.41, 5.74) is 7.81. The number of fused-ring (bicyclic) bond motifs is 1. The standard InChI is InChI=1S/C13H18FN/c1-8-6-11-10(4-3-5-12(11)14)13(8)9(2)7-15/h3-5,8-9,13H,6-7,15H2,1-2H3. The predicted octanol–water partition coefficient (Wildman–Crippen LogP) is 2.70. The highest BCUT2D eigenvalue weighted by Crippen LogP contribution is 2.42. The third kappa shape index (κ3) is 1.67. The lowest BCUT2D eigenvalue weighted by molar-refractivity contribution is 0.376. The van der Waals surface area contributed by atoms with Gasteiger partial charge in [0.1, 0.15) is 5.82 Å². The molecule has 15 heavy (non-hydrogen) atoms. The van der Waals surface area contributed by atoms with E-state index in [1.807, 2.05) is 6.07 Å². The first kappa shape index (κ1) is 10.6. The average Bonchev–Trinajstić information content (AvgIpc) is 2.55. The van der Waals surface area contributed by atoms with Crippen molar-refractivity contribution < 1.29 is 4.39 Å². The van der Waals surface area contributed by atoms with Crippen LogP contribution in [0.1, 0.15) is 30.9 Å². The van der Waals surface area contributed by atoms with E-state index >= 15 is 0 Å². The number of halogens is 1. The van der Waals surface area contributed by atoms with Crippen molar-refractivity contribution in [1.29, 1.82) is 0 Å². The fraction of sp³-hybridized carbons (Fsp3) is 0.538. The molecule has 3 atom stereocenters. The largest absolute Gasteiger partial charge is 0.330 e. The lowest BCUT2D eigenvalue weighted by Crippen LogP contribution is -2.21. The molecule has 0 amide bonds. The predicted molar refractivity (Wildman–Crippen MR) is 60.2 cm³/mol. The van der Waals surface area contributed by atoms with Gasteiger partial charge in [0, 0.05) is 0 Å². The fourth-order valence-electron chi connectivity index (χ4n) is 2.87. The molecule has 82 valence electrons. The molecule has 2 heteroatoms. The minimum atomic E-state index is -0.0499. The molecule has 1 aliphatic carbocycles. The van der Waals surface area contributed by atoms with Crippen LogP contribution in [0, 0.1) is 17.7 Å². The molecule has 1 aromatic rings. The lowest BCUT2D eigenvalue weighted by atomic mass is 9.83. The second kappa shape index (κ2) is 3.93. The van der Waals surface area contributed by atoms with Crippen LogP contribution >= 0.6 is 0 Å². The molecule has 0 spiro atoms. The second-order valence-electron chi connectivity index (χ2n) is 4.73. The first-order valence-electron chi connectivity index (χ1n) is 5.62. The molecule has 3 unspecified atom stereocenters. The van der Waals surface area contributed by atoms with E-state index in [-0.39, 0.29) is 5.82 Å². The first-order chi connectivity index (χ1) is 7.15. The summed E-state index contributed by atoms with van der Waals surface area (Å²) in [6, 6.07) is 5.42. The van der Waals surface area contributed by atoms with Crippen molar-refractivity contribution in [2.75, 3.05) is 6.54 Å². The smallest absolute Gasteiger partial charge is 0.126 e. The molecular formula is C13H18FN. The summed E-state index contributed by atoms with van der Waals surface area (Å²) >= 11 is 0.